The van der Waals surface area contributed by atoms with Crippen molar-refractivity contribution in [2.24, 2.45) is 11.0 Å². The number of carbonyl (C=O) groups excluding carboxylic acids is 1. The van der Waals surface area contributed by atoms with Crippen LogP contribution in [-0.4, -0.2) is 46.3 Å². The quantitative estimate of drug-likeness (QED) is 0.631. The van der Waals surface area contributed by atoms with Crippen LogP contribution in [-0.2, 0) is 14.6 Å². The van der Waals surface area contributed by atoms with Crippen LogP contribution in [0.1, 0.15) is 12.0 Å². The predicted molar refractivity (Wildman–Crippen MR) is 82.0 cm³/mol. The smallest absolute Gasteiger partial charge is 0.244 e. The monoisotopic (exact) mass is 326 g/mol. The molecule has 1 amide bonds. The molecule has 0 unspecified atom stereocenters. The van der Waals surface area contributed by atoms with Crippen LogP contribution in [0.2, 0.25) is 0 Å². The molecule has 2 rings (SSSR count). The van der Waals surface area contributed by atoms with Crippen LogP contribution >= 0.6 is 0 Å². The molecule has 0 spiro atoms. The Morgan fingerprint density at radius 2 is 1.91 bits per heavy atom. The maximum absolute atomic E-state index is 11.8. The van der Waals surface area contributed by atoms with Gasteiger partial charge < -0.3 is 9.47 Å². The van der Waals surface area contributed by atoms with Gasteiger partial charge in [-0.05, 0) is 18.6 Å². The lowest BCUT2D eigenvalue weighted by molar-refractivity contribution is -0.124. The topological polar surface area (TPSA) is 94.1 Å². The average Bonchev–Trinajstić information content (AvgIpc) is 2.87. The number of hydrogen-bond acceptors (Lipinski definition) is 6. The van der Waals surface area contributed by atoms with Crippen molar-refractivity contribution >= 4 is 22.0 Å². The van der Waals surface area contributed by atoms with Crippen LogP contribution in [0.5, 0.6) is 11.5 Å². The molecular formula is C14H18N2O5S. The molecule has 1 aromatic carbocycles. The number of methoxy groups -OCH3 is 2. The molecule has 1 heterocycles. The number of nitrogens with one attached hydrogen (secondary N) is 1. The summed E-state index contributed by atoms with van der Waals surface area (Å²) in [5.74, 6) is 0.251. The van der Waals surface area contributed by atoms with Crippen molar-refractivity contribution in [1.82, 2.24) is 5.43 Å². The van der Waals surface area contributed by atoms with Crippen molar-refractivity contribution in [2.45, 2.75) is 6.42 Å². The molecule has 0 aliphatic carbocycles. The number of carbonyl (C=O) groups is 1. The molecule has 1 N–H and O–H groups in total. The Hall–Kier alpha value is -2.09. The fourth-order valence-corrected chi connectivity index (χ4v) is 3.91. The van der Waals surface area contributed by atoms with Gasteiger partial charge in [-0.3, -0.25) is 4.79 Å². The summed E-state index contributed by atoms with van der Waals surface area (Å²) in [5.41, 5.74) is 3.06. The standard InChI is InChI=1S/C14H18N2O5S/c1-20-12-5-10(6-13(7-12)21-2)8-15-16-14(17)11-3-4-22(18,19)9-11/h5-8,11H,3-4,9H2,1-2H3,(H,16,17)/b15-8-/t11-/m1/s1. The van der Waals surface area contributed by atoms with Gasteiger partial charge >= 0.3 is 0 Å². The Balaban J connectivity index is 1.99. The molecular weight excluding hydrogens is 308 g/mol. The van der Waals surface area contributed by atoms with E-state index in [1.165, 1.54) is 20.4 Å². The van der Waals surface area contributed by atoms with Crippen LogP contribution in [0.3, 0.4) is 0 Å². The summed E-state index contributed by atoms with van der Waals surface area (Å²) in [5, 5.41) is 3.85. The molecule has 1 aliphatic heterocycles. The number of nitrogens with zero attached hydrogens (tertiary/aromatic N) is 1. The highest BCUT2D eigenvalue weighted by Crippen LogP contribution is 2.21. The zero-order chi connectivity index (χ0) is 16.2. The highest BCUT2D eigenvalue weighted by molar-refractivity contribution is 7.91. The normalized spacial score (nSPS) is 20.0. The molecule has 7 nitrogen and oxygen atoms in total. The molecule has 0 radical (unpaired) electrons. The molecule has 120 valence electrons. The van der Waals surface area contributed by atoms with Crippen molar-refractivity contribution in [3.8, 4) is 11.5 Å². The zero-order valence-corrected chi connectivity index (χ0v) is 13.2. The number of benzene rings is 1. The number of rotatable bonds is 5. The summed E-state index contributed by atoms with van der Waals surface area (Å²) in [6.07, 6.45) is 1.79. The van der Waals surface area contributed by atoms with Gasteiger partial charge in [-0.25, -0.2) is 13.8 Å². The van der Waals surface area contributed by atoms with E-state index in [4.69, 9.17) is 9.47 Å². The number of hydrogen-bond donors (Lipinski definition) is 1. The van der Waals surface area contributed by atoms with E-state index in [0.29, 0.717) is 23.5 Å². The summed E-state index contributed by atoms with van der Waals surface area (Å²) in [6, 6.07) is 5.19. The third-order valence-electron chi connectivity index (χ3n) is 3.37. The largest absolute Gasteiger partial charge is 0.497 e. The van der Waals surface area contributed by atoms with E-state index in [9.17, 15) is 13.2 Å². The number of amides is 1. The first-order valence-corrected chi connectivity index (χ1v) is 8.52. The minimum absolute atomic E-state index is 0.0574. The van der Waals surface area contributed by atoms with Gasteiger partial charge in [0.1, 0.15) is 11.5 Å². The summed E-state index contributed by atoms with van der Waals surface area (Å²) < 4.78 is 32.9. The van der Waals surface area contributed by atoms with Gasteiger partial charge in [-0.15, -0.1) is 0 Å². The van der Waals surface area contributed by atoms with E-state index in [1.807, 2.05) is 0 Å². The zero-order valence-electron chi connectivity index (χ0n) is 12.4. The second-order valence-electron chi connectivity index (χ2n) is 4.98. The van der Waals surface area contributed by atoms with Gasteiger partial charge in [-0.1, -0.05) is 0 Å². The Morgan fingerprint density at radius 1 is 1.27 bits per heavy atom. The number of hydrazone groups is 1. The van der Waals surface area contributed by atoms with Crippen molar-refractivity contribution < 1.29 is 22.7 Å². The van der Waals surface area contributed by atoms with Gasteiger partial charge in [0, 0.05) is 11.6 Å². The second-order valence-corrected chi connectivity index (χ2v) is 7.21. The highest BCUT2D eigenvalue weighted by Gasteiger charge is 2.32. The SMILES string of the molecule is COc1cc(/C=N\NC(=O)[C@@H]2CCS(=O)(=O)C2)cc(OC)c1. The molecule has 1 aromatic rings. The lowest BCUT2D eigenvalue weighted by Crippen LogP contribution is -2.27. The predicted octanol–water partition coefficient (Wildman–Crippen LogP) is 0.589. The molecule has 8 heteroatoms. The van der Waals surface area contributed by atoms with Crippen LogP contribution in [0.4, 0.5) is 0 Å². The molecule has 1 atom stereocenters. The lowest BCUT2D eigenvalue weighted by Gasteiger charge is -2.06. The van der Waals surface area contributed by atoms with Gasteiger partial charge in [0.2, 0.25) is 5.91 Å². The lowest BCUT2D eigenvalue weighted by atomic mass is 10.1. The van der Waals surface area contributed by atoms with Crippen LogP contribution in [0, 0.1) is 5.92 Å². The maximum atomic E-state index is 11.8. The molecule has 0 saturated carbocycles. The fourth-order valence-electron chi connectivity index (χ4n) is 2.17. The van der Waals surface area contributed by atoms with Gasteiger partial charge in [0.15, 0.2) is 9.84 Å². The number of ether oxygens (including phenoxy) is 2. The van der Waals surface area contributed by atoms with E-state index in [-0.39, 0.29) is 17.4 Å². The third kappa shape index (κ3) is 4.20. The number of sulfone groups is 1. The van der Waals surface area contributed by atoms with E-state index in [1.54, 1.807) is 18.2 Å². The minimum Gasteiger partial charge on any atom is -0.497 e. The minimum atomic E-state index is -3.08. The van der Waals surface area contributed by atoms with Gasteiger partial charge in [0.05, 0.1) is 37.9 Å². The fraction of sp³-hybridized carbons (Fsp3) is 0.429. The highest BCUT2D eigenvalue weighted by atomic mass is 32.2. The Morgan fingerprint density at radius 3 is 2.41 bits per heavy atom. The molecule has 0 aromatic heterocycles. The van der Waals surface area contributed by atoms with Crippen molar-refractivity contribution in [1.29, 1.82) is 0 Å². The van der Waals surface area contributed by atoms with Crippen LogP contribution in [0.15, 0.2) is 23.3 Å². The maximum Gasteiger partial charge on any atom is 0.244 e. The van der Waals surface area contributed by atoms with Crippen molar-refractivity contribution in [2.75, 3.05) is 25.7 Å². The first-order chi connectivity index (χ1) is 10.4. The Labute approximate surface area is 129 Å². The summed E-state index contributed by atoms with van der Waals surface area (Å²) >= 11 is 0. The van der Waals surface area contributed by atoms with E-state index < -0.39 is 15.8 Å². The van der Waals surface area contributed by atoms with E-state index >= 15 is 0 Å². The Kier molecular flexibility index (Phi) is 5.02. The first-order valence-electron chi connectivity index (χ1n) is 6.70. The molecule has 1 aliphatic rings. The Bertz CT molecular complexity index is 662. The van der Waals surface area contributed by atoms with Crippen LogP contribution in [0.25, 0.3) is 0 Å². The summed E-state index contributed by atoms with van der Waals surface area (Å²) in [7, 11) is -0.00209. The van der Waals surface area contributed by atoms with E-state index in [2.05, 4.69) is 10.5 Å². The molecule has 22 heavy (non-hydrogen) atoms. The first kappa shape index (κ1) is 16.3. The summed E-state index contributed by atoms with van der Waals surface area (Å²) in [6.45, 7) is 0. The van der Waals surface area contributed by atoms with Crippen molar-refractivity contribution in [3.63, 3.8) is 0 Å². The van der Waals surface area contributed by atoms with E-state index in [0.717, 1.165) is 0 Å². The molecule has 1 fully saturated rings. The van der Waals surface area contributed by atoms with Crippen molar-refractivity contribution in [3.05, 3.63) is 23.8 Å². The van der Waals surface area contributed by atoms with Gasteiger partial charge in [0.25, 0.3) is 0 Å². The average molecular weight is 326 g/mol. The van der Waals surface area contributed by atoms with Gasteiger partial charge in [-0.2, -0.15) is 5.10 Å². The third-order valence-corrected chi connectivity index (χ3v) is 5.13. The van der Waals surface area contributed by atoms with Crippen LogP contribution < -0.4 is 14.9 Å². The summed E-state index contributed by atoms with van der Waals surface area (Å²) in [4.78, 5) is 11.8. The second kappa shape index (κ2) is 6.78. The molecule has 1 saturated heterocycles. The molecule has 0 bridgehead atoms.